The lowest BCUT2D eigenvalue weighted by Gasteiger charge is -2.29. The molecule has 0 radical (unpaired) electrons. The van der Waals surface area contributed by atoms with E-state index in [-0.39, 0.29) is 33.8 Å². The third-order valence-electron chi connectivity index (χ3n) is 5.12. The summed E-state index contributed by atoms with van der Waals surface area (Å²) in [4.78, 5) is 22.9. The van der Waals surface area contributed by atoms with Crippen LogP contribution in [0.3, 0.4) is 0 Å². The van der Waals surface area contributed by atoms with Gasteiger partial charge in [0.25, 0.3) is 11.5 Å². The number of nitrogens with one attached hydrogen (secondary N) is 1. The molecule has 4 rings (SSSR count). The highest BCUT2D eigenvalue weighted by atomic mass is 35.5. The lowest BCUT2D eigenvalue weighted by atomic mass is 9.88. The molecule has 5 nitrogen and oxygen atoms in total. The van der Waals surface area contributed by atoms with E-state index in [2.05, 4.69) is 15.5 Å². The number of alkyl halides is 3. The van der Waals surface area contributed by atoms with Gasteiger partial charge in [0, 0.05) is 26.7 Å². The number of amides is 1. The summed E-state index contributed by atoms with van der Waals surface area (Å²) in [5.41, 5.74) is -1.85. The van der Waals surface area contributed by atoms with Crippen molar-refractivity contribution < 1.29 is 22.8 Å². The summed E-state index contributed by atoms with van der Waals surface area (Å²) in [6, 6.07) is 10.5. The molecular formula is C22H16Cl2F3N3O2S. The molecule has 0 bridgehead atoms. The Hall–Kier alpha value is -2.62. The molecule has 1 atom stereocenters. The Labute approximate surface area is 201 Å². The number of carbonyl (C=O) groups is 1. The molecule has 1 unspecified atom stereocenters. The molecule has 33 heavy (non-hydrogen) atoms. The zero-order chi connectivity index (χ0) is 23.8. The van der Waals surface area contributed by atoms with Gasteiger partial charge in [0.15, 0.2) is 0 Å². The van der Waals surface area contributed by atoms with Crippen LogP contribution in [-0.2, 0) is 17.0 Å². The number of hydrogen-bond acceptors (Lipinski definition) is 5. The highest BCUT2D eigenvalue weighted by molar-refractivity contribution is 7.14. The molecule has 1 aliphatic heterocycles. The van der Waals surface area contributed by atoms with E-state index >= 15 is 0 Å². The fraction of sp³-hybridized carbons (Fsp3) is 0.227. The minimum atomic E-state index is -4.79. The van der Waals surface area contributed by atoms with E-state index in [0.29, 0.717) is 21.0 Å². The molecule has 3 heterocycles. The molecule has 172 valence electrons. The number of oxime groups is 1. The topological polar surface area (TPSA) is 63.6 Å². The van der Waals surface area contributed by atoms with Crippen LogP contribution in [0.15, 0.2) is 53.8 Å². The van der Waals surface area contributed by atoms with Crippen molar-refractivity contribution in [2.75, 3.05) is 0 Å². The number of carbonyl (C=O) groups excluding carboxylic acids is 1. The van der Waals surface area contributed by atoms with Crippen LogP contribution in [0.5, 0.6) is 0 Å². The fourth-order valence-electron chi connectivity index (χ4n) is 3.44. The van der Waals surface area contributed by atoms with E-state index in [1.54, 1.807) is 31.3 Å². The summed E-state index contributed by atoms with van der Waals surface area (Å²) in [6.07, 6.45) is -3.75. The SMILES string of the molecule is Cc1sc(C2=NOC(c3cc(Cl)cc(Cl)c3)(C(F)(F)F)C2)cc1C(=O)NCc1ccccn1. The monoisotopic (exact) mass is 513 g/mol. The highest BCUT2D eigenvalue weighted by Crippen LogP contribution is 2.50. The van der Waals surface area contributed by atoms with Crippen LogP contribution in [0.25, 0.3) is 0 Å². The zero-order valence-corrected chi connectivity index (χ0v) is 19.4. The Morgan fingerprint density at radius 2 is 1.94 bits per heavy atom. The Morgan fingerprint density at radius 1 is 1.21 bits per heavy atom. The molecule has 0 fully saturated rings. The van der Waals surface area contributed by atoms with Crippen LogP contribution in [-0.4, -0.2) is 22.8 Å². The number of halogens is 5. The van der Waals surface area contributed by atoms with Crippen LogP contribution >= 0.6 is 34.5 Å². The van der Waals surface area contributed by atoms with Gasteiger partial charge in [-0.05, 0) is 43.3 Å². The van der Waals surface area contributed by atoms with Crippen molar-refractivity contribution in [1.82, 2.24) is 10.3 Å². The van der Waals surface area contributed by atoms with Gasteiger partial charge >= 0.3 is 6.18 Å². The number of benzene rings is 1. The van der Waals surface area contributed by atoms with Crippen molar-refractivity contribution in [3.05, 3.63) is 85.3 Å². The maximum Gasteiger partial charge on any atom is 0.435 e. The average molecular weight is 514 g/mol. The predicted octanol–water partition coefficient (Wildman–Crippen LogP) is 6.27. The van der Waals surface area contributed by atoms with Crippen molar-refractivity contribution in [2.45, 2.75) is 31.7 Å². The molecule has 0 spiro atoms. The number of thiophene rings is 1. The zero-order valence-electron chi connectivity index (χ0n) is 17.0. The second kappa shape index (κ2) is 8.96. The third kappa shape index (κ3) is 4.71. The first-order valence-electron chi connectivity index (χ1n) is 9.66. The summed E-state index contributed by atoms with van der Waals surface area (Å²) in [7, 11) is 0. The first-order chi connectivity index (χ1) is 15.6. The largest absolute Gasteiger partial charge is 0.435 e. The molecule has 3 aromatic rings. The second-order valence-corrected chi connectivity index (χ2v) is 9.50. The van der Waals surface area contributed by atoms with Crippen molar-refractivity contribution in [3.63, 3.8) is 0 Å². The molecule has 1 aliphatic rings. The van der Waals surface area contributed by atoms with Gasteiger partial charge in [0.05, 0.1) is 29.1 Å². The number of aryl methyl sites for hydroxylation is 1. The van der Waals surface area contributed by atoms with Crippen LogP contribution in [0.1, 0.15) is 37.8 Å². The number of rotatable bonds is 5. The Bertz CT molecular complexity index is 1210. The second-order valence-electron chi connectivity index (χ2n) is 7.37. The smallest absolute Gasteiger partial charge is 0.374 e. The molecule has 1 amide bonds. The molecule has 0 aliphatic carbocycles. The third-order valence-corrected chi connectivity index (χ3v) is 6.65. The van der Waals surface area contributed by atoms with Crippen LogP contribution < -0.4 is 5.32 Å². The molecule has 0 saturated heterocycles. The lowest BCUT2D eigenvalue weighted by Crippen LogP contribution is -2.42. The summed E-state index contributed by atoms with van der Waals surface area (Å²) < 4.78 is 42.5. The van der Waals surface area contributed by atoms with E-state index in [9.17, 15) is 18.0 Å². The van der Waals surface area contributed by atoms with Gasteiger partial charge in [-0.3, -0.25) is 9.78 Å². The summed E-state index contributed by atoms with van der Waals surface area (Å²) in [5.74, 6) is -0.358. The van der Waals surface area contributed by atoms with E-state index < -0.39 is 18.2 Å². The van der Waals surface area contributed by atoms with Gasteiger partial charge in [-0.1, -0.05) is 34.4 Å². The highest BCUT2D eigenvalue weighted by Gasteiger charge is 2.62. The molecule has 0 saturated carbocycles. The Balaban J connectivity index is 1.57. The van der Waals surface area contributed by atoms with E-state index in [4.69, 9.17) is 28.0 Å². The standard InChI is InChI=1S/C22H16Cl2F3N3O2S/c1-12-17(20(31)29-11-16-4-2-3-5-28-16)9-19(33-12)18-10-21(32-30-18,22(25,26)27)13-6-14(23)8-15(24)7-13/h2-9H,10-11H2,1H3,(H,29,31). The lowest BCUT2D eigenvalue weighted by molar-refractivity contribution is -0.275. The van der Waals surface area contributed by atoms with E-state index in [1.165, 1.54) is 23.5 Å². The van der Waals surface area contributed by atoms with Crippen molar-refractivity contribution >= 4 is 46.2 Å². The molecular weight excluding hydrogens is 498 g/mol. The van der Waals surface area contributed by atoms with E-state index in [0.717, 1.165) is 12.1 Å². The molecule has 11 heteroatoms. The fourth-order valence-corrected chi connectivity index (χ4v) is 4.96. The van der Waals surface area contributed by atoms with Crippen LogP contribution in [0.4, 0.5) is 13.2 Å². The quantitative estimate of drug-likeness (QED) is 0.437. The molecule has 1 N–H and O–H groups in total. The van der Waals surface area contributed by atoms with Gasteiger partial charge in [-0.25, -0.2) is 0 Å². The van der Waals surface area contributed by atoms with E-state index in [1.807, 2.05) is 0 Å². The van der Waals surface area contributed by atoms with Gasteiger partial charge in [-0.2, -0.15) is 13.2 Å². The normalized spacial score (nSPS) is 18.1. The first kappa shape index (κ1) is 23.5. The van der Waals surface area contributed by atoms with Crippen LogP contribution in [0, 0.1) is 6.92 Å². The Kier molecular flexibility index (Phi) is 6.39. The van der Waals surface area contributed by atoms with Gasteiger partial charge in [0.2, 0.25) is 0 Å². The van der Waals surface area contributed by atoms with Crippen molar-refractivity contribution in [2.24, 2.45) is 5.16 Å². The average Bonchev–Trinajstić information content (AvgIpc) is 3.37. The number of aromatic nitrogens is 1. The minimum Gasteiger partial charge on any atom is -0.374 e. The maximum absolute atomic E-state index is 14.2. The number of pyridine rings is 1. The summed E-state index contributed by atoms with van der Waals surface area (Å²) >= 11 is 13.0. The number of nitrogens with zero attached hydrogens (tertiary/aromatic N) is 2. The minimum absolute atomic E-state index is 0.0528. The summed E-state index contributed by atoms with van der Waals surface area (Å²) in [5, 5.41) is 6.62. The van der Waals surface area contributed by atoms with Gasteiger partial charge in [-0.15, -0.1) is 11.3 Å². The Morgan fingerprint density at radius 3 is 2.58 bits per heavy atom. The van der Waals surface area contributed by atoms with Crippen LogP contribution in [0.2, 0.25) is 10.0 Å². The first-order valence-corrected chi connectivity index (χ1v) is 11.2. The molecule has 1 aromatic carbocycles. The summed E-state index contributed by atoms with van der Waals surface area (Å²) in [6.45, 7) is 1.94. The predicted molar refractivity (Wildman–Crippen MR) is 121 cm³/mol. The van der Waals surface area contributed by atoms with Crippen molar-refractivity contribution in [1.29, 1.82) is 0 Å². The van der Waals surface area contributed by atoms with Crippen molar-refractivity contribution in [3.8, 4) is 0 Å². The van der Waals surface area contributed by atoms with Gasteiger partial charge in [0.1, 0.15) is 5.71 Å². The number of hydrogen-bond donors (Lipinski definition) is 1. The maximum atomic E-state index is 14.2. The molecule has 2 aromatic heterocycles. The van der Waals surface area contributed by atoms with Gasteiger partial charge < -0.3 is 10.2 Å².